The molecule has 0 bridgehead atoms. The van der Waals surface area contributed by atoms with Crippen molar-refractivity contribution in [3.8, 4) is 5.75 Å². The number of anilines is 2. The lowest BCUT2D eigenvalue weighted by Crippen LogP contribution is -2.14. The Morgan fingerprint density at radius 3 is 2.42 bits per heavy atom. The van der Waals surface area contributed by atoms with E-state index in [4.69, 9.17) is 4.74 Å². The van der Waals surface area contributed by atoms with Crippen LogP contribution in [-0.4, -0.2) is 25.9 Å². The van der Waals surface area contributed by atoms with Gasteiger partial charge in [0, 0.05) is 22.8 Å². The topological polar surface area (TPSA) is 97.4 Å². The molecule has 7 nitrogen and oxygen atoms in total. The lowest BCUT2D eigenvalue weighted by molar-refractivity contribution is 0.102. The first kappa shape index (κ1) is 22.8. The van der Waals surface area contributed by atoms with E-state index < -0.39 is 10.0 Å². The maximum Gasteiger partial charge on any atom is 0.263 e. The number of thiazole rings is 1. The Bertz CT molecular complexity index is 1060. The molecule has 0 saturated carbocycles. The maximum absolute atomic E-state index is 12.5. The van der Waals surface area contributed by atoms with Gasteiger partial charge in [-0.15, -0.1) is 11.3 Å². The average Bonchev–Trinajstić information content (AvgIpc) is 3.27. The lowest BCUT2D eigenvalue weighted by atomic mass is 10.2. The van der Waals surface area contributed by atoms with Crippen LogP contribution in [0.2, 0.25) is 0 Å². The zero-order valence-electron chi connectivity index (χ0n) is 17.2. The zero-order chi connectivity index (χ0) is 22.1. The van der Waals surface area contributed by atoms with E-state index in [1.165, 1.54) is 42.5 Å². The molecule has 3 aromatic rings. The zero-order valence-corrected chi connectivity index (χ0v) is 18.8. The van der Waals surface area contributed by atoms with E-state index in [1.54, 1.807) is 41.8 Å². The molecule has 0 atom stereocenters. The fourth-order valence-corrected chi connectivity index (χ4v) is 4.58. The molecule has 1 aromatic heterocycles. The molecule has 0 radical (unpaired) electrons. The molecule has 0 spiro atoms. The third-order valence-corrected chi connectivity index (χ3v) is 6.63. The van der Waals surface area contributed by atoms with Crippen LogP contribution in [0.1, 0.15) is 43.0 Å². The Morgan fingerprint density at radius 2 is 1.77 bits per heavy atom. The molecule has 164 valence electrons. The van der Waals surface area contributed by atoms with Crippen molar-refractivity contribution < 1.29 is 17.9 Å². The molecule has 0 aliphatic carbocycles. The highest BCUT2D eigenvalue weighted by Gasteiger charge is 2.15. The molecule has 1 amide bonds. The number of nitrogens with one attached hydrogen (secondary N) is 2. The van der Waals surface area contributed by atoms with Crippen molar-refractivity contribution in [3.63, 3.8) is 0 Å². The number of rotatable bonds is 11. The molecule has 0 aliphatic heterocycles. The van der Waals surface area contributed by atoms with E-state index in [-0.39, 0.29) is 10.8 Å². The van der Waals surface area contributed by atoms with Crippen molar-refractivity contribution in [1.29, 1.82) is 0 Å². The van der Waals surface area contributed by atoms with Crippen LogP contribution >= 0.6 is 11.3 Å². The summed E-state index contributed by atoms with van der Waals surface area (Å²) in [7, 11) is -3.73. The van der Waals surface area contributed by atoms with Crippen molar-refractivity contribution >= 4 is 38.1 Å². The summed E-state index contributed by atoms with van der Waals surface area (Å²) < 4.78 is 32.8. The van der Waals surface area contributed by atoms with E-state index in [2.05, 4.69) is 21.9 Å². The van der Waals surface area contributed by atoms with Crippen LogP contribution in [0.3, 0.4) is 0 Å². The quantitative estimate of drug-likeness (QED) is 0.386. The second-order valence-electron chi connectivity index (χ2n) is 6.85. The molecule has 0 fully saturated rings. The summed E-state index contributed by atoms with van der Waals surface area (Å²) >= 11 is 1.19. The van der Waals surface area contributed by atoms with E-state index in [0.717, 1.165) is 18.6 Å². The Morgan fingerprint density at radius 1 is 1.03 bits per heavy atom. The number of amides is 1. The summed E-state index contributed by atoms with van der Waals surface area (Å²) in [5, 5.41) is 4.74. The number of sulfonamides is 1. The maximum atomic E-state index is 12.5. The first-order valence-electron chi connectivity index (χ1n) is 10.0. The van der Waals surface area contributed by atoms with Crippen LogP contribution in [0.5, 0.6) is 5.75 Å². The van der Waals surface area contributed by atoms with E-state index in [0.29, 0.717) is 23.0 Å². The molecule has 3 rings (SSSR count). The molecule has 0 saturated heterocycles. The normalized spacial score (nSPS) is 11.1. The van der Waals surface area contributed by atoms with Crippen LogP contribution < -0.4 is 14.8 Å². The second kappa shape index (κ2) is 10.9. The number of nitrogens with zero attached hydrogens (tertiary/aromatic N) is 1. The molecule has 0 aliphatic rings. The van der Waals surface area contributed by atoms with Crippen LogP contribution in [0, 0.1) is 0 Å². The van der Waals surface area contributed by atoms with Crippen LogP contribution in [0.25, 0.3) is 0 Å². The van der Waals surface area contributed by atoms with Gasteiger partial charge in [-0.1, -0.05) is 26.2 Å². The third kappa shape index (κ3) is 6.80. The van der Waals surface area contributed by atoms with Gasteiger partial charge in [-0.25, -0.2) is 13.4 Å². The average molecular weight is 460 g/mol. The van der Waals surface area contributed by atoms with E-state index >= 15 is 0 Å². The van der Waals surface area contributed by atoms with Crippen molar-refractivity contribution in [1.82, 2.24) is 4.98 Å². The molecular weight excluding hydrogens is 434 g/mol. The minimum absolute atomic E-state index is 0.0844. The number of ether oxygens (including phenoxy) is 1. The summed E-state index contributed by atoms with van der Waals surface area (Å²) in [5.74, 6) is 0.446. The molecule has 1 heterocycles. The van der Waals surface area contributed by atoms with Gasteiger partial charge in [0.2, 0.25) is 0 Å². The van der Waals surface area contributed by atoms with Gasteiger partial charge in [-0.2, -0.15) is 0 Å². The van der Waals surface area contributed by atoms with E-state index in [9.17, 15) is 13.2 Å². The summed E-state index contributed by atoms with van der Waals surface area (Å²) in [6, 6.07) is 12.9. The number of aromatic nitrogens is 1. The van der Waals surface area contributed by atoms with Gasteiger partial charge < -0.3 is 10.1 Å². The Kier molecular flexibility index (Phi) is 8.02. The standard InChI is InChI=1S/C22H25N3O4S2/c1-2-3-4-5-15-29-19-10-6-17(7-11-19)21(26)24-18-8-12-20(13-9-18)31(27,28)25-22-23-14-16-30-22/h6-14,16H,2-5,15H2,1H3,(H,23,25)(H,24,26). The monoisotopic (exact) mass is 459 g/mol. The number of benzene rings is 2. The molecule has 31 heavy (non-hydrogen) atoms. The molecule has 9 heteroatoms. The first-order chi connectivity index (χ1) is 15.0. The minimum Gasteiger partial charge on any atom is -0.494 e. The van der Waals surface area contributed by atoms with Crippen LogP contribution in [0.15, 0.2) is 65.0 Å². The number of carbonyl (C=O) groups excluding carboxylic acids is 1. The largest absolute Gasteiger partial charge is 0.494 e. The summed E-state index contributed by atoms with van der Waals surface area (Å²) in [6.07, 6.45) is 6.08. The fourth-order valence-electron chi connectivity index (χ4n) is 2.79. The highest BCUT2D eigenvalue weighted by Crippen LogP contribution is 2.20. The predicted octanol–water partition coefficient (Wildman–Crippen LogP) is 5.16. The first-order valence-corrected chi connectivity index (χ1v) is 12.4. The SMILES string of the molecule is CCCCCCOc1ccc(C(=O)Nc2ccc(S(=O)(=O)Nc3nccs3)cc2)cc1. The van der Waals surface area contributed by atoms with Gasteiger partial charge in [0.05, 0.1) is 11.5 Å². The predicted molar refractivity (Wildman–Crippen MR) is 123 cm³/mol. The van der Waals surface area contributed by atoms with Crippen molar-refractivity contribution in [2.75, 3.05) is 16.6 Å². The molecule has 2 N–H and O–H groups in total. The van der Waals surface area contributed by atoms with Crippen LogP contribution in [-0.2, 0) is 10.0 Å². The van der Waals surface area contributed by atoms with Crippen molar-refractivity contribution in [2.24, 2.45) is 0 Å². The van der Waals surface area contributed by atoms with Gasteiger partial charge in [0.15, 0.2) is 5.13 Å². The summed E-state index contributed by atoms with van der Waals surface area (Å²) in [6.45, 7) is 2.83. The minimum atomic E-state index is -3.73. The number of hydrogen-bond acceptors (Lipinski definition) is 6. The van der Waals surface area contributed by atoms with E-state index in [1.807, 2.05) is 0 Å². The lowest BCUT2D eigenvalue weighted by Gasteiger charge is -2.09. The Hall–Kier alpha value is -2.91. The smallest absolute Gasteiger partial charge is 0.263 e. The number of carbonyl (C=O) groups is 1. The molecule has 0 unspecified atom stereocenters. The highest BCUT2D eigenvalue weighted by molar-refractivity contribution is 7.93. The molecule has 2 aromatic carbocycles. The van der Waals surface area contributed by atoms with Gasteiger partial charge >= 0.3 is 0 Å². The highest BCUT2D eigenvalue weighted by atomic mass is 32.2. The van der Waals surface area contributed by atoms with Crippen LogP contribution in [0.4, 0.5) is 10.8 Å². The number of hydrogen-bond donors (Lipinski definition) is 2. The van der Waals surface area contributed by atoms with Gasteiger partial charge in [0.25, 0.3) is 15.9 Å². The summed E-state index contributed by atoms with van der Waals surface area (Å²) in [4.78, 5) is 16.5. The third-order valence-electron chi connectivity index (χ3n) is 4.46. The van der Waals surface area contributed by atoms with Crippen molar-refractivity contribution in [2.45, 2.75) is 37.5 Å². The molecular formula is C22H25N3O4S2. The Labute approximate surface area is 186 Å². The van der Waals surface area contributed by atoms with Gasteiger partial charge in [-0.3, -0.25) is 9.52 Å². The number of unbranched alkanes of at least 4 members (excludes halogenated alkanes) is 3. The summed E-state index contributed by atoms with van der Waals surface area (Å²) in [5.41, 5.74) is 0.981. The van der Waals surface area contributed by atoms with Crippen molar-refractivity contribution in [3.05, 3.63) is 65.7 Å². The van der Waals surface area contributed by atoms with Gasteiger partial charge in [-0.05, 0) is 55.0 Å². The van der Waals surface area contributed by atoms with Gasteiger partial charge in [0.1, 0.15) is 5.75 Å². The second-order valence-corrected chi connectivity index (χ2v) is 9.43. The fraction of sp³-hybridized carbons (Fsp3) is 0.273. The Balaban J connectivity index is 1.54.